The molecule has 192 valence electrons. The number of hydrogen-bond donors (Lipinski definition) is 3. The van der Waals surface area contributed by atoms with Crippen LogP contribution < -0.4 is 20.1 Å². The van der Waals surface area contributed by atoms with E-state index in [4.69, 9.17) is 19.7 Å². The molecule has 3 N–H and O–H groups in total. The van der Waals surface area contributed by atoms with Gasteiger partial charge in [-0.1, -0.05) is 26.8 Å². The van der Waals surface area contributed by atoms with Crippen molar-refractivity contribution in [2.24, 2.45) is 0 Å². The predicted octanol–water partition coefficient (Wildman–Crippen LogP) is 5.76. The molecule has 0 fully saturated rings. The summed E-state index contributed by atoms with van der Waals surface area (Å²) in [5.41, 5.74) is 1.95. The number of anilines is 2. The minimum Gasteiger partial charge on any atom is -0.493 e. The molecule has 0 aliphatic heterocycles. The van der Waals surface area contributed by atoms with Crippen LogP contribution in [0.25, 0.3) is 5.69 Å². The highest BCUT2D eigenvalue weighted by Crippen LogP contribution is 2.28. The number of nitrogens with one attached hydrogen (secondary N) is 2. The van der Waals surface area contributed by atoms with Crippen molar-refractivity contribution in [2.45, 2.75) is 32.6 Å². The highest BCUT2D eigenvalue weighted by Gasteiger charge is 2.22. The highest BCUT2D eigenvalue weighted by atomic mass is 16.5. The molecule has 9 nitrogen and oxygen atoms in total. The molecule has 0 saturated heterocycles. The molecule has 2 aromatic heterocycles. The Kier molecular flexibility index (Phi) is 8.05. The quantitative estimate of drug-likeness (QED) is 0.251. The minimum absolute atomic E-state index is 0.0669. The van der Waals surface area contributed by atoms with Crippen LogP contribution in [0.3, 0.4) is 0 Å². The second-order valence-electron chi connectivity index (χ2n) is 9.39. The van der Waals surface area contributed by atoms with Gasteiger partial charge in [0.1, 0.15) is 23.1 Å². The van der Waals surface area contributed by atoms with Crippen LogP contribution >= 0.6 is 0 Å². The van der Waals surface area contributed by atoms with Crippen molar-refractivity contribution in [1.29, 1.82) is 0 Å². The zero-order chi connectivity index (χ0) is 26.3. The Bertz CT molecular complexity index is 1310. The van der Waals surface area contributed by atoms with Gasteiger partial charge >= 0.3 is 6.03 Å². The molecule has 0 atom stereocenters. The number of carbonyl (C=O) groups excluding carboxylic acids is 1. The Morgan fingerprint density at radius 2 is 1.68 bits per heavy atom. The second kappa shape index (κ2) is 11.6. The molecule has 4 aromatic rings. The number of carbonyl (C=O) groups is 1. The molecule has 0 bridgehead atoms. The van der Waals surface area contributed by atoms with E-state index in [1.54, 1.807) is 53.5 Å². The highest BCUT2D eigenvalue weighted by molar-refractivity contribution is 5.99. The van der Waals surface area contributed by atoms with Crippen LogP contribution in [0, 0.1) is 0 Å². The number of pyridine rings is 1. The monoisotopic (exact) mass is 501 g/mol. The Morgan fingerprint density at radius 1 is 0.946 bits per heavy atom. The number of rotatable bonds is 9. The van der Waals surface area contributed by atoms with E-state index in [9.17, 15) is 4.79 Å². The molecule has 4 rings (SSSR count). The number of aliphatic hydroxyl groups is 1. The molecule has 2 aromatic carbocycles. The van der Waals surface area contributed by atoms with Crippen LogP contribution in [0.2, 0.25) is 0 Å². The van der Waals surface area contributed by atoms with Gasteiger partial charge in [-0.25, -0.2) is 9.48 Å². The maximum absolute atomic E-state index is 12.9. The second-order valence-corrected chi connectivity index (χ2v) is 9.39. The predicted molar refractivity (Wildman–Crippen MR) is 143 cm³/mol. The van der Waals surface area contributed by atoms with Gasteiger partial charge < -0.3 is 19.9 Å². The molecule has 0 unspecified atom stereocenters. The minimum atomic E-state index is -0.403. The summed E-state index contributed by atoms with van der Waals surface area (Å²) in [6.45, 7) is 6.66. The summed E-state index contributed by atoms with van der Waals surface area (Å²) in [5, 5.41) is 19.5. The first-order chi connectivity index (χ1) is 17.8. The molecule has 0 radical (unpaired) electrons. The maximum Gasteiger partial charge on any atom is 0.324 e. The summed E-state index contributed by atoms with van der Waals surface area (Å²) < 4.78 is 13.2. The van der Waals surface area contributed by atoms with E-state index in [1.807, 2.05) is 30.3 Å². The van der Waals surface area contributed by atoms with E-state index < -0.39 is 6.03 Å². The average Bonchev–Trinajstić information content (AvgIpc) is 3.30. The molecule has 0 saturated carbocycles. The van der Waals surface area contributed by atoms with E-state index in [2.05, 4.69) is 36.4 Å². The zero-order valence-corrected chi connectivity index (χ0v) is 21.1. The summed E-state index contributed by atoms with van der Waals surface area (Å²) in [6, 6.07) is 19.5. The molecular weight excluding hydrogens is 470 g/mol. The van der Waals surface area contributed by atoms with Gasteiger partial charge in [-0.15, -0.1) is 0 Å². The fraction of sp³-hybridized carbons (Fsp3) is 0.250. The lowest BCUT2D eigenvalue weighted by atomic mass is 9.92. The van der Waals surface area contributed by atoms with E-state index in [0.29, 0.717) is 41.8 Å². The number of nitrogens with zero attached hydrogens (tertiary/aromatic N) is 3. The molecule has 0 aliphatic rings. The topological polar surface area (TPSA) is 111 Å². The van der Waals surface area contributed by atoms with Gasteiger partial charge in [0.25, 0.3) is 0 Å². The lowest BCUT2D eigenvalue weighted by Gasteiger charge is -2.14. The standard InChI is InChI=1S/C28H31N5O4/c1-28(2,3)25-19-26(33(32-25)21-6-4-7-24(18-21)36-17-5-16-34)31-27(35)30-20-8-10-22(11-9-20)37-23-12-14-29-15-13-23/h4,6-15,18-19,34H,5,16-17H2,1-3H3,(H2,30,31,35). The van der Waals surface area contributed by atoms with Gasteiger partial charge in [-0.2, -0.15) is 5.10 Å². The molecule has 2 heterocycles. The van der Waals surface area contributed by atoms with Gasteiger partial charge in [0.2, 0.25) is 0 Å². The number of urea groups is 1. The summed E-state index contributed by atoms with van der Waals surface area (Å²) >= 11 is 0. The molecule has 2 amide bonds. The summed E-state index contributed by atoms with van der Waals surface area (Å²) in [5.74, 6) is 2.50. The van der Waals surface area contributed by atoms with Crippen molar-refractivity contribution in [2.75, 3.05) is 23.8 Å². The Labute approximate surface area is 216 Å². The first-order valence-corrected chi connectivity index (χ1v) is 12.0. The lowest BCUT2D eigenvalue weighted by molar-refractivity contribution is 0.233. The van der Waals surface area contributed by atoms with E-state index in [-0.39, 0.29) is 12.0 Å². The number of aromatic nitrogens is 3. The summed E-state index contributed by atoms with van der Waals surface area (Å²) in [6.07, 6.45) is 3.86. The molecule has 0 aliphatic carbocycles. The van der Waals surface area contributed by atoms with Crippen molar-refractivity contribution < 1.29 is 19.4 Å². The molecular formula is C28H31N5O4. The van der Waals surface area contributed by atoms with Crippen LogP contribution in [0.4, 0.5) is 16.3 Å². The van der Waals surface area contributed by atoms with E-state index in [1.165, 1.54) is 0 Å². The van der Waals surface area contributed by atoms with Gasteiger partial charge in [-0.05, 0) is 48.5 Å². The number of aliphatic hydroxyl groups excluding tert-OH is 1. The SMILES string of the molecule is CC(C)(C)c1cc(NC(=O)Nc2ccc(Oc3ccncc3)cc2)n(-c2cccc(OCCCO)c2)n1. The number of benzene rings is 2. The Morgan fingerprint density at radius 3 is 2.38 bits per heavy atom. The van der Waals surface area contributed by atoms with Gasteiger partial charge in [0, 0.05) is 48.7 Å². The zero-order valence-electron chi connectivity index (χ0n) is 21.1. The smallest absolute Gasteiger partial charge is 0.324 e. The third kappa shape index (κ3) is 7.08. The molecule has 0 spiro atoms. The van der Waals surface area contributed by atoms with Crippen LogP contribution in [0.1, 0.15) is 32.9 Å². The van der Waals surface area contributed by atoms with Crippen LogP contribution in [-0.4, -0.2) is 39.1 Å². The van der Waals surface area contributed by atoms with Crippen molar-refractivity contribution in [3.63, 3.8) is 0 Å². The number of ether oxygens (including phenoxy) is 2. The lowest BCUT2D eigenvalue weighted by Crippen LogP contribution is -2.21. The average molecular weight is 502 g/mol. The first-order valence-electron chi connectivity index (χ1n) is 12.0. The Balaban J connectivity index is 1.49. The summed E-state index contributed by atoms with van der Waals surface area (Å²) in [7, 11) is 0. The van der Waals surface area contributed by atoms with Gasteiger partial charge in [0.05, 0.1) is 18.0 Å². The fourth-order valence-corrected chi connectivity index (χ4v) is 3.42. The fourth-order valence-electron chi connectivity index (χ4n) is 3.42. The molecule has 9 heteroatoms. The first kappa shape index (κ1) is 25.7. The van der Waals surface area contributed by atoms with E-state index >= 15 is 0 Å². The van der Waals surface area contributed by atoms with Gasteiger partial charge in [0.15, 0.2) is 0 Å². The van der Waals surface area contributed by atoms with E-state index in [0.717, 1.165) is 11.4 Å². The van der Waals surface area contributed by atoms with Crippen molar-refractivity contribution >= 4 is 17.5 Å². The maximum atomic E-state index is 12.9. The number of hydrogen-bond acceptors (Lipinski definition) is 6. The third-order valence-corrected chi connectivity index (χ3v) is 5.35. The van der Waals surface area contributed by atoms with Gasteiger partial charge in [-0.3, -0.25) is 10.3 Å². The van der Waals surface area contributed by atoms with Crippen molar-refractivity contribution in [3.05, 3.63) is 84.8 Å². The van der Waals surface area contributed by atoms with Crippen LogP contribution in [0.5, 0.6) is 17.2 Å². The summed E-state index contributed by atoms with van der Waals surface area (Å²) in [4.78, 5) is 16.9. The molecule has 37 heavy (non-hydrogen) atoms. The Hall–Kier alpha value is -4.37. The third-order valence-electron chi connectivity index (χ3n) is 5.35. The number of amides is 2. The van der Waals surface area contributed by atoms with Crippen molar-refractivity contribution in [1.82, 2.24) is 14.8 Å². The largest absolute Gasteiger partial charge is 0.493 e. The van der Waals surface area contributed by atoms with Crippen molar-refractivity contribution in [3.8, 4) is 22.9 Å². The van der Waals surface area contributed by atoms with Crippen LogP contribution in [0.15, 0.2) is 79.1 Å². The normalized spacial score (nSPS) is 11.1. The van der Waals surface area contributed by atoms with Crippen LogP contribution in [-0.2, 0) is 5.41 Å².